The number of imidazole rings is 1. The number of hydrogen-bond acceptors (Lipinski definition) is 2. The Balaban J connectivity index is 0.000000605. The maximum absolute atomic E-state index is 5.60. The molecule has 0 saturated carbocycles. The van der Waals surface area contributed by atoms with Crippen LogP contribution in [0.4, 0.5) is 0 Å². The second-order valence-electron chi connectivity index (χ2n) is 1.85. The molecule has 0 atom stereocenters. The van der Waals surface area contributed by atoms with E-state index in [9.17, 15) is 0 Å². The zero-order valence-corrected chi connectivity index (χ0v) is 11.6. The van der Waals surface area contributed by atoms with Gasteiger partial charge in [-0.3, -0.25) is 0 Å². The standard InChI is InChI=1S/C6H3ClN3.Rb/c7-5-2-1-4-6(10-5)9-3-8-4;/h1-3H;/q-1;+1. The second kappa shape index (κ2) is 4.10. The molecule has 0 N–H and O–H groups in total. The average molecular weight is 238 g/mol. The monoisotopic (exact) mass is 237 g/mol. The first kappa shape index (κ1) is 9.80. The van der Waals surface area contributed by atoms with Crippen molar-refractivity contribution in [2.75, 3.05) is 0 Å². The van der Waals surface area contributed by atoms with Crippen LogP contribution in [-0.4, -0.2) is 9.97 Å². The predicted molar refractivity (Wildman–Crippen MR) is 37.9 cm³/mol. The number of halogens is 1. The average Bonchev–Trinajstić information content (AvgIpc) is 2.33. The molecule has 0 bridgehead atoms. The molecule has 50 valence electrons. The third-order valence-electron chi connectivity index (χ3n) is 1.20. The van der Waals surface area contributed by atoms with E-state index in [1.807, 2.05) is 0 Å². The summed E-state index contributed by atoms with van der Waals surface area (Å²) in [6.45, 7) is 0. The van der Waals surface area contributed by atoms with E-state index in [1.165, 1.54) is 6.33 Å². The van der Waals surface area contributed by atoms with Gasteiger partial charge in [-0.1, -0.05) is 24.0 Å². The van der Waals surface area contributed by atoms with Gasteiger partial charge >= 0.3 is 58.2 Å². The number of aromatic nitrogens is 3. The molecular weight excluding hydrogens is 235 g/mol. The fraction of sp³-hybridized carbons (Fsp3) is 0. The van der Waals surface area contributed by atoms with Gasteiger partial charge in [0.15, 0.2) is 0 Å². The zero-order valence-electron chi connectivity index (χ0n) is 5.95. The molecule has 0 aliphatic carbocycles. The quantitative estimate of drug-likeness (QED) is 0.511. The van der Waals surface area contributed by atoms with Crippen molar-refractivity contribution in [3.8, 4) is 0 Å². The topological polar surface area (TPSA) is 39.9 Å². The molecule has 0 spiro atoms. The summed E-state index contributed by atoms with van der Waals surface area (Å²) in [5, 5.41) is 0.452. The first-order valence-electron chi connectivity index (χ1n) is 2.76. The van der Waals surface area contributed by atoms with Crippen molar-refractivity contribution < 1.29 is 58.2 Å². The molecule has 2 aromatic heterocycles. The van der Waals surface area contributed by atoms with Crippen LogP contribution in [0.1, 0.15) is 0 Å². The van der Waals surface area contributed by atoms with Crippen LogP contribution in [0, 0.1) is 0 Å². The first-order chi connectivity index (χ1) is 4.86. The molecule has 0 amide bonds. The maximum Gasteiger partial charge on any atom is 1.00 e. The molecule has 0 aromatic carbocycles. The van der Waals surface area contributed by atoms with Crippen LogP contribution >= 0.6 is 11.6 Å². The van der Waals surface area contributed by atoms with Crippen LogP contribution in [0.5, 0.6) is 0 Å². The molecular formula is C6H3ClN3Rb. The molecule has 0 unspecified atom stereocenters. The van der Waals surface area contributed by atoms with E-state index < -0.39 is 0 Å². The van der Waals surface area contributed by atoms with Crippen molar-refractivity contribution in [1.82, 2.24) is 15.0 Å². The van der Waals surface area contributed by atoms with Crippen LogP contribution < -0.4 is 63.2 Å². The van der Waals surface area contributed by atoms with E-state index in [0.29, 0.717) is 10.8 Å². The summed E-state index contributed by atoms with van der Waals surface area (Å²) in [6, 6.07) is 3.48. The minimum atomic E-state index is 0. The predicted octanol–water partition coefficient (Wildman–Crippen LogP) is -1.76. The van der Waals surface area contributed by atoms with E-state index in [-0.39, 0.29) is 58.2 Å². The Morgan fingerprint density at radius 2 is 2.18 bits per heavy atom. The van der Waals surface area contributed by atoms with Gasteiger partial charge in [-0.15, -0.1) is 0 Å². The fourth-order valence-corrected chi connectivity index (χ4v) is 0.903. The zero-order chi connectivity index (χ0) is 6.97. The van der Waals surface area contributed by atoms with Gasteiger partial charge in [0.2, 0.25) is 0 Å². The fourth-order valence-electron chi connectivity index (χ4n) is 0.759. The van der Waals surface area contributed by atoms with Crippen molar-refractivity contribution in [3.63, 3.8) is 0 Å². The van der Waals surface area contributed by atoms with Crippen molar-refractivity contribution in [2.45, 2.75) is 0 Å². The molecule has 2 aromatic rings. The largest absolute Gasteiger partial charge is 1.00 e. The summed E-state index contributed by atoms with van der Waals surface area (Å²) in [5.41, 5.74) is 1.39. The molecule has 0 aliphatic heterocycles. The Labute approximate surface area is 117 Å². The van der Waals surface area contributed by atoms with Crippen LogP contribution in [0.2, 0.25) is 5.15 Å². The number of nitrogens with zero attached hydrogens (tertiary/aromatic N) is 3. The van der Waals surface area contributed by atoms with E-state index in [2.05, 4.69) is 15.0 Å². The SMILES string of the molecule is Clc1ccc2[n-]cnc2n1.[Rb+]. The summed E-state index contributed by atoms with van der Waals surface area (Å²) >= 11 is 5.60. The molecule has 2 heterocycles. The summed E-state index contributed by atoms with van der Waals surface area (Å²) in [5.74, 6) is 0. The molecule has 2 rings (SSSR count). The molecule has 0 saturated heterocycles. The first-order valence-corrected chi connectivity index (χ1v) is 3.14. The van der Waals surface area contributed by atoms with Gasteiger partial charge in [-0.05, 0) is 11.6 Å². The van der Waals surface area contributed by atoms with E-state index in [0.717, 1.165) is 5.52 Å². The van der Waals surface area contributed by atoms with Crippen LogP contribution in [0.15, 0.2) is 18.5 Å². The van der Waals surface area contributed by atoms with E-state index >= 15 is 0 Å². The maximum atomic E-state index is 5.60. The number of fused-ring (bicyclic) bond motifs is 1. The Hall–Kier alpha value is 0.715. The summed E-state index contributed by atoms with van der Waals surface area (Å²) < 4.78 is 0. The van der Waals surface area contributed by atoms with Gasteiger partial charge in [0.05, 0.1) is 5.65 Å². The van der Waals surface area contributed by atoms with Crippen LogP contribution in [-0.2, 0) is 0 Å². The number of pyridine rings is 1. The van der Waals surface area contributed by atoms with Crippen LogP contribution in [0.3, 0.4) is 0 Å². The van der Waals surface area contributed by atoms with Gasteiger partial charge in [0, 0.05) is 0 Å². The molecule has 0 aliphatic rings. The number of hydrogen-bond donors (Lipinski definition) is 0. The van der Waals surface area contributed by atoms with Crippen molar-refractivity contribution >= 4 is 22.8 Å². The summed E-state index contributed by atoms with van der Waals surface area (Å²) in [6.07, 6.45) is 1.47. The van der Waals surface area contributed by atoms with E-state index in [4.69, 9.17) is 11.6 Å². The molecule has 0 fully saturated rings. The molecule has 0 radical (unpaired) electrons. The Morgan fingerprint density at radius 3 is 3.00 bits per heavy atom. The summed E-state index contributed by atoms with van der Waals surface area (Å²) in [7, 11) is 0. The third-order valence-corrected chi connectivity index (χ3v) is 1.41. The van der Waals surface area contributed by atoms with Gasteiger partial charge in [0.25, 0.3) is 0 Å². The minimum Gasteiger partial charge on any atom is -0.442 e. The van der Waals surface area contributed by atoms with Crippen molar-refractivity contribution in [3.05, 3.63) is 23.6 Å². The normalized spacial score (nSPS) is 9.55. The number of rotatable bonds is 0. The molecule has 11 heavy (non-hydrogen) atoms. The van der Waals surface area contributed by atoms with E-state index in [1.54, 1.807) is 12.1 Å². The second-order valence-corrected chi connectivity index (χ2v) is 2.24. The summed E-state index contributed by atoms with van der Waals surface area (Å²) in [4.78, 5) is 11.7. The Kier molecular flexibility index (Phi) is 3.65. The molecule has 3 nitrogen and oxygen atoms in total. The smallest absolute Gasteiger partial charge is 0.442 e. The van der Waals surface area contributed by atoms with Gasteiger partial charge in [0.1, 0.15) is 5.15 Å². The van der Waals surface area contributed by atoms with Gasteiger partial charge in [-0.2, -0.15) is 0 Å². The molecule has 5 heteroatoms. The Bertz CT molecular complexity index is 359. The van der Waals surface area contributed by atoms with Crippen molar-refractivity contribution in [2.24, 2.45) is 0 Å². The van der Waals surface area contributed by atoms with Crippen LogP contribution in [0.25, 0.3) is 11.2 Å². The minimum absolute atomic E-state index is 0. The third kappa shape index (κ3) is 2.09. The van der Waals surface area contributed by atoms with Gasteiger partial charge in [-0.25, -0.2) is 4.98 Å². The van der Waals surface area contributed by atoms with Crippen molar-refractivity contribution in [1.29, 1.82) is 0 Å². The Morgan fingerprint density at radius 1 is 1.36 bits per heavy atom. The van der Waals surface area contributed by atoms with Gasteiger partial charge < -0.3 is 9.97 Å².